The molecule has 124 valence electrons. The topological polar surface area (TPSA) is 42.0 Å². The number of fused-ring (bicyclic) bond motifs is 1. The number of amides is 1. The molecule has 0 aromatic heterocycles. The molecule has 0 spiro atoms. The van der Waals surface area contributed by atoms with Gasteiger partial charge in [0.1, 0.15) is 0 Å². The van der Waals surface area contributed by atoms with Crippen molar-refractivity contribution in [1.29, 1.82) is 0 Å². The maximum absolute atomic E-state index is 12.4. The van der Waals surface area contributed by atoms with Crippen molar-refractivity contribution in [3.63, 3.8) is 0 Å². The van der Waals surface area contributed by atoms with Gasteiger partial charge in [0.2, 0.25) is 12.7 Å². The summed E-state index contributed by atoms with van der Waals surface area (Å²) < 4.78 is 10.8. The smallest absolute Gasteiger partial charge is 0.235 e. The summed E-state index contributed by atoms with van der Waals surface area (Å²) in [7, 11) is 0. The van der Waals surface area contributed by atoms with Crippen LogP contribution in [0.1, 0.15) is 18.4 Å². The molecule has 1 amide bonds. The molecular formula is C17H22N2O3S. The Morgan fingerprint density at radius 2 is 2.00 bits per heavy atom. The Labute approximate surface area is 140 Å². The summed E-state index contributed by atoms with van der Waals surface area (Å²) in [5, 5.41) is 0.218. The Bertz CT molecular complexity index is 581. The maximum atomic E-state index is 12.4. The molecule has 1 aromatic carbocycles. The second-order valence-electron chi connectivity index (χ2n) is 6.29. The van der Waals surface area contributed by atoms with Gasteiger partial charge in [-0.15, -0.1) is 11.8 Å². The molecule has 23 heavy (non-hydrogen) atoms. The molecule has 1 unspecified atom stereocenters. The van der Waals surface area contributed by atoms with E-state index in [-0.39, 0.29) is 5.25 Å². The first kappa shape index (κ1) is 15.1. The minimum absolute atomic E-state index is 0.218. The lowest BCUT2D eigenvalue weighted by atomic mass is 10.1. The highest BCUT2D eigenvalue weighted by Gasteiger charge is 2.30. The van der Waals surface area contributed by atoms with E-state index in [9.17, 15) is 4.79 Å². The number of benzene rings is 1. The third kappa shape index (κ3) is 3.28. The van der Waals surface area contributed by atoms with Crippen molar-refractivity contribution in [2.75, 3.05) is 38.7 Å². The highest BCUT2D eigenvalue weighted by Crippen LogP contribution is 2.33. The first-order chi connectivity index (χ1) is 11.3. The van der Waals surface area contributed by atoms with Crippen molar-refractivity contribution in [2.45, 2.75) is 24.6 Å². The van der Waals surface area contributed by atoms with Crippen molar-refractivity contribution in [2.24, 2.45) is 0 Å². The third-order valence-corrected chi connectivity index (χ3v) is 6.10. The molecule has 2 fully saturated rings. The summed E-state index contributed by atoms with van der Waals surface area (Å²) in [6.45, 7) is 4.80. The van der Waals surface area contributed by atoms with Gasteiger partial charge in [-0.3, -0.25) is 9.69 Å². The Morgan fingerprint density at radius 3 is 2.78 bits per heavy atom. The van der Waals surface area contributed by atoms with Gasteiger partial charge in [0.15, 0.2) is 11.5 Å². The number of carbonyl (C=O) groups is 1. The highest BCUT2D eigenvalue weighted by molar-refractivity contribution is 8.00. The molecule has 4 rings (SSSR count). The van der Waals surface area contributed by atoms with Gasteiger partial charge in [0.25, 0.3) is 0 Å². The number of nitrogens with zero attached hydrogens (tertiary/aromatic N) is 2. The summed E-state index contributed by atoms with van der Waals surface area (Å²) in [6, 6.07) is 6.14. The molecule has 0 N–H and O–H groups in total. The third-order valence-electron chi connectivity index (χ3n) is 4.73. The van der Waals surface area contributed by atoms with E-state index in [2.05, 4.69) is 21.9 Å². The van der Waals surface area contributed by atoms with Crippen LogP contribution in [-0.2, 0) is 11.3 Å². The van der Waals surface area contributed by atoms with Crippen molar-refractivity contribution in [3.8, 4) is 11.5 Å². The molecule has 2 saturated heterocycles. The number of carbonyl (C=O) groups excluding carboxylic acids is 1. The summed E-state index contributed by atoms with van der Waals surface area (Å²) in [4.78, 5) is 16.9. The summed E-state index contributed by atoms with van der Waals surface area (Å²) in [6.07, 6.45) is 2.24. The van der Waals surface area contributed by atoms with Crippen LogP contribution in [0.2, 0.25) is 0 Å². The Balaban J connectivity index is 1.30. The zero-order chi connectivity index (χ0) is 15.6. The number of thioether (sulfide) groups is 1. The van der Waals surface area contributed by atoms with E-state index < -0.39 is 0 Å². The number of ether oxygens (including phenoxy) is 2. The molecule has 0 radical (unpaired) electrons. The zero-order valence-electron chi connectivity index (χ0n) is 13.2. The molecule has 1 atom stereocenters. The highest BCUT2D eigenvalue weighted by atomic mass is 32.2. The van der Waals surface area contributed by atoms with E-state index in [1.54, 1.807) is 0 Å². The standard InChI is InChI=1S/C17H22N2O3S/c20-17(16-2-1-9-23-16)19-7-5-18(6-8-19)11-13-3-4-14-15(10-13)22-12-21-14/h3-4,10,16H,1-2,5-9,11-12H2. The largest absolute Gasteiger partial charge is 0.454 e. The molecule has 3 aliphatic rings. The van der Waals surface area contributed by atoms with E-state index in [0.29, 0.717) is 12.7 Å². The first-order valence-electron chi connectivity index (χ1n) is 8.31. The van der Waals surface area contributed by atoms with Gasteiger partial charge in [-0.25, -0.2) is 0 Å². The lowest BCUT2D eigenvalue weighted by molar-refractivity contribution is -0.132. The van der Waals surface area contributed by atoms with Crippen molar-refractivity contribution in [3.05, 3.63) is 23.8 Å². The molecule has 1 aromatic rings. The van der Waals surface area contributed by atoms with E-state index >= 15 is 0 Å². The van der Waals surface area contributed by atoms with Crippen molar-refractivity contribution >= 4 is 17.7 Å². The second kappa shape index (κ2) is 6.61. The number of hydrogen-bond donors (Lipinski definition) is 0. The SMILES string of the molecule is O=C(C1CCCS1)N1CCN(Cc2ccc3c(c2)OCO3)CC1. The van der Waals surface area contributed by atoms with Gasteiger partial charge < -0.3 is 14.4 Å². The quantitative estimate of drug-likeness (QED) is 0.845. The fourth-order valence-electron chi connectivity index (χ4n) is 3.40. The Morgan fingerprint density at radius 1 is 1.17 bits per heavy atom. The fraction of sp³-hybridized carbons (Fsp3) is 0.588. The number of piperazine rings is 1. The van der Waals surface area contributed by atoms with Gasteiger partial charge in [-0.05, 0) is 36.3 Å². The van der Waals surface area contributed by atoms with Crippen LogP contribution in [0.25, 0.3) is 0 Å². The van der Waals surface area contributed by atoms with Crippen LogP contribution in [0.3, 0.4) is 0 Å². The summed E-state index contributed by atoms with van der Waals surface area (Å²) in [5.41, 5.74) is 1.24. The average Bonchev–Trinajstić information content (AvgIpc) is 3.26. The predicted molar refractivity (Wildman–Crippen MR) is 89.9 cm³/mol. The van der Waals surface area contributed by atoms with Gasteiger partial charge in [-0.1, -0.05) is 6.07 Å². The average molecular weight is 334 g/mol. The normalized spacial score (nSPS) is 24.2. The van der Waals surface area contributed by atoms with Crippen LogP contribution < -0.4 is 9.47 Å². The monoisotopic (exact) mass is 334 g/mol. The lowest BCUT2D eigenvalue weighted by Gasteiger charge is -2.35. The minimum atomic E-state index is 0.218. The van der Waals surface area contributed by atoms with Crippen LogP contribution in [0.4, 0.5) is 0 Å². The molecule has 0 bridgehead atoms. The molecule has 0 saturated carbocycles. The number of hydrogen-bond acceptors (Lipinski definition) is 5. The van der Waals surface area contributed by atoms with Crippen LogP contribution in [-0.4, -0.2) is 59.7 Å². The maximum Gasteiger partial charge on any atom is 0.235 e. The summed E-state index contributed by atoms with van der Waals surface area (Å²) >= 11 is 1.83. The first-order valence-corrected chi connectivity index (χ1v) is 9.36. The molecule has 3 aliphatic heterocycles. The van der Waals surface area contributed by atoms with Crippen LogP contribution in [0.15, 0.2) is 18.2 Å². The van der Waals surface area contributed by atoms with E-state index in [4.69, 9.17) is 9.47 Å². The van der Waals surface area contributed by atoms with Gasteiger partial charge in [0, 0.05) is 32.7 Å². The Kier molecular flexibility index (Phi) is 4.35. The van der Waals surface area contributed by atoms with Gasteiger partial charge >= 0.3 is 0 Å². The van der Waals surface area contributed by atoms with E-state index in [0.717, 1.165) is 56.4 Å². The summed E-state index contributed by atoms with van der Waals surface area (Å²) in [5.74, 6) is 3.17. The fourth-order valence-corrected chi connectivity index (χ4v) is 4.64. The van der Waals surface area contributed by atoms with Crippen LogP contribution in [0.5, 0.6) is 11.5 Å². The zero-order valence-corrected chi connectivity index (χ0v) is 14.0. The van der Waals surface area contributed by atoms with Crippen molar-refractivity contribution < 1.29 is 14.3 Å². The molecule has 3 heterocycles. The second-order valence-corrected chi connectivity index (χ2v) is 7.60. The van der Waals surface area contributed by atoms with E-state index in [1.807, 2.05) is 17.8 Å². The van der Waals surface area contributed by atoms with Crippen molar-refractivity contribution in [1.82, 2.24) is 9.80 Å². The van der Waals surface area contributed by atoms with E-state index in [1.165, 1.54) is 12.0 Å². The minimum Gasteiger partial charge on any atom is -0.454 e. The lowest BCUT2D eigenvalue weighted by Crippen LogP contribution is -2.50. The molecule has 6 heteroatoms. The number of rotatable bonds is 3. The van der Waals surface area contributed by atoms with Crippen LogP contribution in [0, 0.1) is 0 Å². The Hall–Kier alpha value is -1.40. The predicted octanol–water partition coefficient (Wildman–Crippen LogP) is 1.96. The van der Waals surface area contributed by atoms with Gasteiger partial charge in [-0.2, -0.15) is 0 Å². The molecule has 5 nitrogen and oxygen atoms in total. The van der Waals surface area contributed by atoms with Crippen LogP contribution >= 0.6 is 11.8 Å². The van der Waals surface area contributed by atoms with Gasteiger partial charge in [0.05, 0.1) is 5.25 Å². The molecule has 0 aliphatic carbocycles. The molecular weight excluding hydrogens is 312 g/mol.